The highest BCUT2D eigenvalue weighted by Gasteiger charge is 2.32. The number of likely N-dealkylation sites (tertiary alicyclic amines) is 1. The highest BCUT2D eigenvalue weighted by molar-refractivity contribution is 5.76. The summed E-state index contributed by atoms with van der Waals surface area (Å²) >= 11 is 0. The first kappa shape index (κ1) is 18.2. The molecule has 0 aromatic rings. The Balaban J connectivity index is 2.12. The van der Waals surface area contributed by atoms with Crippen LogP contribution in [0, 0.1) is 0 Å². The van der Waals surface area contributed by atoms with E-state index >= 15 is 0 Å². The maximum Gasteiger partial charge on any atom is 0.401 e. The standard InChI is InChI=1S/C14H26F3N3O/c1-3-11(2)19-13(21)4-7-18-12-5-8-20(9-6-12)10-14(15,16)17/h11-12,18H,3-10H2,1-2H3,(H,19,21). The van der Waals surface area contributed by atoms with E-state index in [1.54, 1.807) is 0 Å². The molecule has 0 saturated carbocycles. The highest BCUT2D eigenvalue weighted by Crippen LogP contribution is 2.19. The zero-order chi connectivity index (χ0) is 15.9. The van der Waals surface area contributed by atoms with Crippen molar-refractivity contribution in [2.45, 2.75) is 57.8 Å². The SMILES string of the molecule is CCC(C)NC(=O)CCNC1CCN(CC(F)(F)F)CC1. The molecule has 2 N–H and O–H groups in total. The molecule has 0 aromatic carbocycles. The van der Waals surface area contributed by atoms with Gasteiger partial charge >= 0.3 is 6.18 Å². The van der Waals surface area contributed by atoms with Gasteiger partial charge in [-0.2, -0.15) is 13.2 Å². The number of alkyl halides is 3. The molecule has 0 spiro atoms. The van der Waals surface area contributed by atoms with Gasteiger partial charge < -0.3 is 10.6 Å². The Hall–Kier alpha value is -0.820. The van der Waals surface area contributed by atoms with Gasteiger partial charge in [-0.1, -0.05) is 6.92 Å². The van der Waals surface area contributed by atoms with Crippen molar-refractivity contribution in [2.24, 2.45) is 0 Å². The first-order valence-corrected chi connectivity index (χ1v) is 7.62. The molecule has 0 aromatic heterocycles. The fraction of sp³-hybridized carbons (Fsp3) is 0.929. The number of amides is 1. The first-order valence-electron chi connectivity index (χ1n) is 7.62. The van der Waals surface area contributed by atoms with Crippen LogP contribution in [0.5, 0.6) is 0 Å². The zero-order valence-electron chi connectivity index (χ0n) is 12.8. The van der Waals surface area contributed by atoms with Gasteiger partial charge in [0.05, 0.1) is 6.54 Å². The van der Waals surface area contributed by atoms with Gasteiger partial charge in [0.1, 0.15) is 0 Å². The van der Waals surface area contributed by atoms with E-state index in [-0.39, 0.29) is 18.0 Å². The van der Waals surface area contributed by atoms with E-state index in [2.05, 4.69) is 10.6 Å². The van der Waals surface area contributed by atoms with E-state index in [4.69, 9.17) is 0 Å². The Morgan fingerprint density at radius 3 is 2.48 bits per heavy atom. The fourth-order valence-electron chi connectivity index (χ4n) is 2.39. The molecule has 7 heteroatoms. The first-order chi connectivity index (χ1) is 9.80. The van der Waals surface area contributed by atoms with Crippen LogP contribution in [0.25, 0.3) is 0 Å². The van der Waals surface area contributed by atoms with Gasteiger partial charge in [0.15, 0.2) is 0 Å². The minimum absolute atomic E-state index is 0.0198. The summed E-state index contributed by atoms with van der Waals surface area (Å²) in [5.41, 5.74) is 0. The lowest BCUT2D eigenvalue weighted by Crippen LogP contribution is -2.46. The van der Waals surface area contributed by atoms with Crippen LogP contribution in [0.1, 0.15) is 39.5 Å². The van der Waals surface area contributed by atoms with Gasteiger partial charge in [-0.15, -0.1) is 0 Å². The molecule has 0 bridgehead atoms. The number of hydrogen-bond donors (Lipinski definition) is 2. The fourth-order valence-corrected chi connectivity index (χ4v) is 2.39. The van der Waals surface area contributed by atoms with E-state index in [1.807, 2.05) is 13.8 Å². The van der Waals surface area contributed by atoms with Crippen LogP contribution < -0.4 is 10.6 Å². The van der Waals surface area contributed by atoms with Crippen molar-refractivity contribution < 1.29 is 18.0 Å². The summed E-state index contributed by atoms with van der Waals surface area (Å²) in [6, 6.07) is 0.397. The number of halogens is 3. The predicted octanol–water partition coefficient (Wildman–Crippen LogP) is 1.91. The lowest BCUT2D eigenvalue weighted by molar-refractivity contribution is -0.148. The Bertz CT molecular complexity index is 315. The molecule has 1 unspecified atom stereocenters. The number of piperidine rings is 1. The Kier molecular flexibility index (Phi) is 7.45. The van der Waals surface area contributed by atoms with Crippen LogP contribution in [0.4, 0.5) is 13.2 Å². The second-order valence-corrected chi connectivity index (χ2v) is 5.75. The average molecular weight is 309 g/mol. The number of nitrogens with one attached hydrogen (secondary N) is 2. The van der Waals surface area contributed by atoms with Gasteiger partial charge in [0.2, 0.25) is 5.91 Å². The Morgan fingerprint density at radius 1 is 1.33 bits per heavy atom. The largest absolute Gasteiger partial charge is 0.401 e. The van der Waals surface area contributed by atoms with Crippen molar-refractivity contribution in [3.05, 3.63) is 0 Å². The van der Waals surface area contributed by atoms with Crippen LogP contribution in [-0.4, -0.2) is 55.2 Å². The molecule has 21 heavy (non-hydrogen) atoms. The number of nitrogens with zero attached hydrogens (tertiary/aromatic N) is 1. The molecule has 4 nitrogen and oxygen atoms in total. The molecule has 1 aliphatic rings. The monoisotopic (exact) mass is 309 g/mol. The van der Waals surface area contributed by atoms with Crippen molar-refractivity contribution in [1.29, 1.82) is 0 Å². The molecule has 1 atom stereocenters. The maximum absolute atomic E-state index is 12.3. The summed E-state index contributed by atoms with van der Waals surface area (Å²) in [6.07, 6.45) is -1.41. The maximum atomic E-state index is 12.3. The number of carbonyl (C=O) groups excluding carboxylic acids is 1. The smallest absolute Gasteiger partial charge is 0.354 e. The second kappa shape index (κ2) is 8.58. The van der Waals surface area contributed by atoms with Crippen LogP contribution in [-0.2, 0) is 4.79 Å². The van der Waals surface area contributed by atoms with E-state index in [1.165, 1.54) is 4.90 Å². The Labute approximate surface area is 124 Å². The predicted molar refractivity (Wildman–Crippen MR) is 76.0 cm³/mol. The Morgan fingerprint density at radius 2 is 1.95 bits per heavy atom. The minimum Gasteiger partial charge on any atom is -0.354 e. The second-order valence-electron chi connectivity index (χ2n) is 5.75. The molecule has 1 saturated heterocycles. The van der Waals surface area contributed by atoms with Crippen LogP contribution in [0.2, 0.25) is 0 Å². The van der Waals surface area contributed by atoms with Crippen molar-refractivity contribution >= 4 is 5.91 Å². The summed E-state index contributed by atoms with van der Waals surface area (Å²) < 4.78 is 36.8. The normalized spacial score (nSPS) is 19.5. The average Bonchev–Trinajstić information content (AvgIpc) is 2.39. The van der Waals surface area contributed by atoms with E-state index < -0.39 is 12.7 Å². The van der Waals surface area contributed by atoms with Gasteiger partial charge in [0, 0.05) is 25.0 Å². The summed E-state index contributed by atoms with van der Waals surface area (Å²) in [6.45, 7) is 4.63. The third-order valence-corrected chi connectivity index (χ3v) is 3.80. The molecule has 1 aliphatic heterocycles. The van der Waals surface area contributed by atoms with Crippen LogP contribution in [0.15, 0.2) is 0 Å². The lowest BCUT2D eigenvalue weighted by atomic mass is 10.0. The molecule has 0 radical (unpaired) electrons. The van der Waals surface area contributed by atoms with Gasteiger partial charge in [-0.3, -0.25) is 9.69 Å². The van der Waals surface area contributed by atoms with E-state index in [0.717, 1.165) is 6.42 Å². The molecular formula is C14H26F3N3O. The number of hydrogen-bond acceptors (Lipinski definition) is 3. The van der Waals surface area contributed by atoms with Crippen molar-refractivity contribution in [2.75, 3.05) is 26.2 Å². The minimum atomic E-state index is -4.12. The third kappa shape index (κ3) is 8.26. The number of carbonyl (C=O) groups is 1. The summed E-state index contributed by atoms with van der Waals surface area (Å²) in [5.74, 6) is 0.0198. The van der Waals surface area contributed by atoms with Crippen LogP contribution in [0.3, 0.4) is 0 Å². The highest BCUT2D eigenvalue weighted by atomic mass is 19.4. The molecule has 1 fully saturated rings. The molecule has 1 heterocycles. The van der Waals surface area contributed by atoms with E-state index in [9.17, 15) is 18.0 Å². The molecule has 0 aliphatic carbocycles. The number of rotatable bonds is 7. The molecular weight excluding hydrogens is 283 g/mol. The van der Waals surface area contributed by atoms with Crippen LogP contribution >= 0.6 is 0 Å². The summed E-state index contributed by atoms with van der Waals surface area (Å²) in [5, 5.41) is 6.15. The van der Waals surface area contributed by atoms with Crippen molar-refractivity contribution in [3.8, 4) is 0 Å². The molecule has 1 amide bonds. The van der Waals surface area contributed by atoms with E-state index in [0.29, 0.717) is 38.9 Å². The summed E-state index contributed by atoms with van der Waals surface area (Å²) in [7, 11) is 0. The molecule has 124 valence electrons. The topological polar surface area (TPSA) is 44.4 Å². The van der Waals surface area contributed by atoms with Gasteiger partial charge in [0.25, 0.3) is 0 Å². The molecule has 1 rings (SSSR count). The third-order valence-electron chi connectivity index (χ3n) is 3.80. The zero-order valence-corrected chi connectivity index (χ0v) is 12.8. The summed E-state index contributed by atoms with van der Waals surface area (Å²) in [4.78, 5) is 13.0. The quantitative estimate of drug-likeness (QED) is 0.755. The van der Waals surface area contributed by atoms with Crippen molar-refractivity contribution in [3.63, 3.8) is 0 Å². The lowest BCUT2D eigenvalue weighted by Gasteiger charge is -2.32. The van der Waals surface area contributed by atoms with Gasteiger partial charge in [-0.25, -0.2) is 0 Å². The van der Waals surface area contributed by atoms with Gasteiger partial charge in [-0.05, 0) is 39.3 Å². The van der Waals surface area contributed by atoms with Crippen molar-refractivity contribution in [1.82, 2.24) is 15.5 Å².